The number of aromatic nitrogens is 8. The lowest BCUT2D eigenvalue weighted by molar-refractivity contribution is 0.503. The number of aryl methyl sites for hydroxylation is 1. The molecular formula is C17H18N8. The molecule has 0 spiro atoms. The molecule has 0 unspecified atom stereocenters. The van der Waals surface area contributed by atoms with Crippen molar-refractivity contribution in [1.82, 2.24) is 39.5 Å². The van der Waals surface area contributed by atoms with Crippen molar-refractivity contribution < 1.29 is 0 Å². The van der Waals surface area contributed by atoms with Gasteiger partial charge in [0.1, 0.15) is 18.1 Å². The van der Waals surface area contributed by atoms with E-state index in [1.54, 1.807) is 12.5 Å². The van der Waals surface area contributed by atoms with Crippen LogP contribution in [0.2, 0.25) is 0 Å². The van der Waals surface area contributed by atoms with E-state index in [4.69, 9.17) is 0 Å². The average molecular weight is 334 g/mol. The van der Waals surface area contributed by atoms with E-state index in [0.29, 0.717) is 6.54 Å². The van der Waals surface area contributed by atoms with Crippen molar-refractivity contribution in [2.24, 2.45) is 7.05 Å². The fourth-order valence-electron chi connectivity index (χ4n) is 2.85. The molecule has 126 valence electrons. The van der Waals surface area contributed by atoms with Crippen molar-refractivity contribution >= 4 is 0 Å². The van der Waals surface area contributed by atoms with Gasteiger partial charge >= 0.3 is 0 Å². The summed E-state index contributed by atoms with van der Waals surface area (Å²) >= 11 is 0. The van der Waals surface area contributed by atoms with Crippen LogP contribution in [0.3, 0.4) is 0 Å². The summed E-state index contributed by atoms with van der Waals surface area (Å²) in [6.07, 6.45) is 7.36. The van der Waals surface area contributed by atoms with Crippen molar-refractivity contribution in [2.45, 2.75) is 19.5 Å². The lowest BCUT2D eigenvalue weighted by atomic mass is 10.1. The van der Waals surface area contributed by atoms with Crippen molar-refractivity contribution in [3.63, 3.8) is 0 Å². The van der Waals surface area contributed by atoms with Gasteiger partial charge in [0, 0.05) is 25.0 Å². The second kappa shape index (κ2) is 6.31. The second-order valence-electron chi connectivity index (χ2n) is 5.92. The van der Waals surface area contributed by atoms with Gasteiger partial charge in [-0.25, -0.2) is 4.68 Å². The maximum absolute atomic E-state index is 4.36. The summed E-state index contributed by atoms with van der Waals surface area (Å²) in [7, 11) is 1.92. The quantitative estimate of drug-likeness (QED) is 0.557. The van der Waals surface area contributed by atoms with E-state index in [1.165, 1.54) is 0 Å². The van der Waals surface area contributed by atoms with Crippen LogP contribution in [-0.4, -0.2) is 39.5 Å². The first-order chi connectivity index (χ1) is 12.2. The predicted molar refractivity (Wildman–Crippen MR) is 91.6 cm³/mol. The van der Waals surface area contributed by atoms with Crippen molar-refractivity contribution in [3.8, 4) is 11.3 Å². The molecule has 3 heterocycles. The fraction of sp³-hybridized carbons (Fsp3) is 0.235. The SMILES string of the molecule is C[C@@H](c1nncn1C)n1cc(-c2ccccc2Cn2cccn2)nn1. The minimum Gasteiger partial charge on any atom is -0.319 e. The minimum atomic E-state index is -0.0490. The zero-order valence-electron chi connectivity index (χ0n) is 14.1. The largest absolute Gasteiger partial charge is 0.319 e. The van der Waals surface area contributed by atoms with Crippen molar-refractivity contribution in [3.05, 3.63) is 66.6 Å². The Morgan fingerprint density at radius 1 is 1.12 bits per heavy atom. The lowest BCUT2D eigenvalue weighted by Gasteiger charge is -2.10. The normalized spacial score (nSPS) is 12.4. The molecule has 0 saturated heterocycles. The zero-order chi connectivity index (χ0) is 17.2. The molecule has 0 radical (unpaired) electrons. The van der Waals surface area contributed by atoms with Crippen LogP contribution in [0, 0.1) is 0 Å². The number of hydrogen-bond acceptors (Lipinski definition) is 5. The highest BCUT2D eigenvalue weighted by Crippen LogP contribution is 2.24. The van der Waals surface area contributed by atoms with E-state index in [1.807, 2.05) is 58.5 Å². The van der Waals surface area contributed by atoms with E-state index < -0.39 is 0 Å². The Morgan fingerprint density at radius 3 is 2.76 bits per heavy atom. The van der Waals surface area contributed by atoms with Crippen LogP contribution in [-0.2, 0) is 13.6 Å². The molecule has 4 rings (SSSR count). The van der Waals surface area contributed by atoms with Gasteiger partial charge in [0.25, 0.3) is 0 Å². The Kier molecular flexibility index (Phi) is 3.85. The summed E-state index contributed by atoms with van der Waals surface area (Å²) in [6, 6.07) is 10.0. The molecule has 0 aliphatic carbocycles. The predicted octanol–water partition coefficient (Wildman–Crippen LogP) is 1.93. The second-order valence-corrected chi connectivity index (χ2v) is 5.92. The van der Waals surface area contributed by atoms with Crippen LogP contribution >= 0.6 is 0 Å². The van der Waals surface area contributed by atoms with Crippen molar-refractivity contribution in [2.75, 3.05) is 0 Å². The van der Waals surface area contributed by atoms with Gasteiger partial charge in [-0.2, -0.15) is 5.10 Å². The highest BCUT2D eigenvalue weighted by atomic mass is 15.4. The van der Waals surface area contributed by atoms with Crippen LogP contribution in [0.5, 0.6) is 0 Å². The van der Waals surface area contributed by atoms with E-state index >= 15 is 0 Å². The minimum absolute atomic E-state index is 0.0490. The molecular weight excluding hydrogens is 316 g/mol. The molecule has 0 amide bonds. The maximum atomic E-state index is 4.36. The molecule has 8 nitrogen and oxygen atoms in total. The Balaban J connectivity index is 1.65. The van der Waals surface area contributed by atoms with E-state index in [-0.39, 0.29) is 6.04 Å². The van der Waals surface area contributed by atoms with Gasteiger partial charge in [0.05, 0.1) is 12.7 Å². The molecule has 0 aliphatic heterocycles. The molecule has 0 bridgehead atoms. The summed E-state index contributed by atoms with van der Waals surface area (Å²) in [5.74, 6) is 0.835. The Labute approximate surface area is 144 Å². The monoisotopic (exact) mass is 334 g/mol. The van der Waals surface area contributed by atoms with Crippen LogP contribution in [0.4, 0.5) is 0 Å². The zero-order valence-corrected chi connectivity index (χ0v) is 14.1. The number of benzene rings is 1. The molecule has 25 heavy (non-hydrogen) atoms. The summed E-state index contributed by atoms with van der Waals surface area (Å²) in [6.45, 7) is 2.72. The molecule has 0 saturated carbocycles. The summed E-state index contributed by atoms with van der Waals surface area (Å²) in [5, 5.41) is 21.0. The van der Waals surface area contributed by atoms with Gasteiger partial charge in [-0.1, -0.05) is 29.5 Å². The molecule has 1 atom stereocenters. The maximum Gasteiger partial charge on any atom is 0.157 e. The Morgan fingerprint density at radius 2 is 2.00 bits per heavy atom. The van der Waals surface area contributed by atoms with Gasteiger partial charge in [0.15, 0.2) is 5.82 Å². The molecule has 3 aromatic heterocycles. The summed E-state index contributed by atoms with van der Waals surface area (Å²) < 4.78 is 5.59. The first-order valence-corrected chi connectivity index (χ1v) is 8.04. The lowest BCUT2D eigenvalue weighted by Crippen LogP contribution is -2.12. The van der Waals surface area contributed by atoms with Crippen LogP contribution < -0.4 is 0 Å². The molecule has 0 N–H and O–H groups in total. The topological polar surface area (TPSA) is 79.2 Å². The smallest absolute Gasteiger partial charge is 0.157 e. The average Bonchev–Trinajstić information content (AvgIpc) is 3.36. The van der Waals surface area contributed by atoms with Gasteiger partial charge in [-0.15, -0.1) is 15.3 Å². The van der Waals surface area contributed by atoms with E-state index in [0.717, 1.165) is 22.6 Å². The highest BCUT2D eigenvalue weighted by molar-refractivity contribution is 5.62. The summed E-state index contributed by atoms with van der Waals surface area (Å²) in [5.41, 5.74) is 3.02. The Hall–Kier alpha value is -3.29. The van der Waals surface area contributed by atoms with E-state index in [2.05, 4.69) is 37.7 Å². The number of nitrogens with zero attached hydrogens (tertiary/aromatic N) is 8. The third kappa shape index (κ3) is 2.93. The molecule has 4 aromatic rings. The van der Waals surface area contributed by atoms with Crippen LogP contribution in [0.15, 0.2) is 55.2 Å². The third-order valence-corrected chi connectivity index (χ3v) is 4.21. The van der Waals surface area contributed by atoms with Gasteiger partial charge in [-0.3, -0.25) is 4.68 Å². The standard InChI is InChI=1S/C17H18N8/c1-13(17-21-18-12-23(17)2)25-11-16(20-22-25)15-7-4-3-6-14(15)10-24-9-5-8-19-24/h3-9,11-13H,10H2,1-2H3/t13-/m0/s1. The highest BCUT2D eigenvalue weighted by Gasteiger charge is 2.17. The summed E-state index contributed by atoms with van der Waals surface area (Å²) in [4.78, 5) is 0. The molecule has 1 aromatic carbocycles. The van der Waals surface area contributed by atoms with Gasteiger partial charge < -0.3 is 4.57 Å². The molecule has 0 fully saturated rings. The van der Waals surface area contributed by atoms with Crippen LogP contribution in [0.1, 0.15) is 24.4 Å². The molecule has 8 heteroatoms. The number of rotatable bonds is 5. The van der Waals surface area contributed by atoms with Gasteiger partial charge in [-0.05, 0) is 18.6 Å². The Bertz CT molecular complexity index is 966. The van der Waals surface area contributed by atoms with Gasteiger partial charge in [0.2, 0.25) is 0 Å². The third-order valence-electron chi connectivity index (χ3n) is 4.21. The van der Waals surface area contributed by atoms with Crippen molar-refractivity contribution in [1.29, 1.82) is 0 Å². The van der Waals surface area contributed by atoms with E-state index in [9.17, 15) is 0 Å². The molecule has 0 aliphatic rings. The fourth-order valence-corrected chi connectivity index (χ4v) is 2.85. The first-order valence-electron chi connectivity index (χ1n) is 8.04. The first kappa shape index (κ1) is 15.3. The number of hydrogen-bond donors (Lipinski definition) is 0. The van der Waals surface area contributed by atoms with Crippen LogP contribution in [0.25, 0.3) is 11.3 Å².